The molecule has 0 radical (unpaired) electrons. The average Bonchev–Trinajstić information content (AvgIpc) is 3.42. The number of rotatable bonds is 11. The van der Waals surface area contributed by atoms with Gasteiger partial charge in [0.2, 0.25) is 5.88 Å². The number of guanidine groups is 1. The lowest BCUT2D eigenvalue weighted by Crippen LogP contribution is -2.39. The van der Waals surface area contributed by atoms with Crippen LogP contribution in [0.4, 0.5) is 0 Å². The van der Waals surface area contributed by atoms with Crippen LogP contribution < -0.4 is 15.4 Å². The summed E-state index contributed by atoms with van der Waals surface area (Å²) in [5.74, 6) is 3.43. The monoisotopic (exact) mass is 569 g/mol. The molecule has 32 heavy (non-hydrogen) atoms. The van der Waals surface area contributed by atoms with Crippen molar-refractivity contribution in [2.75, 3.05) is 26.0 Å². The lowest BCUT2D eigenvalue weighted by Gasteiger charge is -2.13. The van der Waals surface area contributed by atoms with Crippen LogP contribution in [-0.4, -0.2) is 41.7 Å². The van der Waals surface area contributed by atoms with Crippen molar-refractivity contribution in [2.45, 2.75) is 31.2 Å². The SMILES string of the molecule is CCc1nn(C)c(OC)c1CN=C(NCCSc1ccccc1)NCCc1ccco1.I. The van der Waals surface area contributed by atoms with Gasteiger partial charge in [0, 0.05) is 37.2 Å². The molecular formula is C23H32IN5O2S. The van der Waals surface area contributed by atoms with E-state index in [2.05, 4.69) is 46.9 Å². The summed E-state index contributed by atoms with van der Waals surface area (Å²) in [5.41, 5.74) is 2.04. The fourth-order valence-electron chi connectivity index (χ4n) is 3.25. The Labute approximate surface area is 211 Å². The van der Waals surface area contributed by atoms with E-state index in [0.29, 0.717) is 6.54 Å². The Hall–Kier alpha value is -2.14. The number of methoxy groups -OCH3 is 1. The number of aromatic nitrogens is 2. The van der Waals surface area contributed by atoms with Crippen LogP contribution in [0, 0.1) is 0 Å². The number of halogens is 1. The van der Waals surface area contributed by atoms with Gasteiger partial charge in [-0.05, 0) is 30.7 Å². The largest absolute Gasteiger partial charge is 0.481 e. The van der Waals surface area contributed by atoms with E-state index in [1.807, 2.05) is 37.0 Å². The van der Waals surface area contributed by atoms with E-state index in [4.69, 9.17) is 14.1 Å². The summed E-state index contributed by atoms with van der Waals surface area (Å²) in [6.07, 6.45) is 3.33. The highest BCUT2D eigenvalue weighted by atomic mass is 127. The second-order valence-electron chi connectivity index (χ2n) is 6.92. The van der Waals surface area contributed by atoms with E-state index < -0.39 is 0 Å². The van der Waals surface area contributed by atoms with Crippen molar-refractivity contribution in [2.24, 2.45) is 12.0 Å². The van der Waals surface area contributed by atoms with Gasteiger partial charge in [0.1, 0.15) is 5.76 Å². The molecule has 3 rings (SSSR count). The van der Waals surface area contributed by atoms with Crippen molar-refractivity contribution in [3.8, 4) is 5.88 Å². The quantitative estimate of drug-likeness (QED) is 0.118. The number of hydrogen-bond donors (Lipinski definition) is 2. The maximum absolute atomic E-state index is 5.54. The van der Waals surface area contributed by atoms with Crippen LogP contribution in [0.1, 0.15) is 23.9 Å². The van der Waals surface area contributed by atoms with Gasteiger partial charge in [-0.2, -0.15) is 5.10 Å². The third kappa shape index (κ3) is 7.77. The Balaban J connectivity index is 0.00000363. The molecule has 2 aromatic heterocycles. The average molecular weight is 570 g/mol. The van der Waals surface area contributed by atoms with E-state index in [1.54, 1.807) is 18.1 Å². The number of furan rings is 1. The number of nitrogens with one attached hydrogen (secondary N) is 2. The Bertz CT molecular complexity index is 945. The van der Waals surface area contributed by atoms with Crippen molar-refractivity contribution in [1.82, 2.24) is 20.4 Å². The standard InChI is InChI=1S/C23H31N5O2S.HI/c1-4-21-20(22(29-3)28(2)27-21)17-26-23(24-13-12-18-9-8-15-30-18)25-14-16-31-19-10-6-5-7-11-19;/h5-11,15H,4,12-14,16-17H2,1-3H3,(H2,24,25,26);1H. The minimum absolute atomic E-state index is 0. The van der Waals surface area contributed by atoms with Crippen LogP contribution in [0.15, 0.2) is 63.0 Å². The van der Waals surface area contributed by atoms with Gasteiger partial charge in [0.25, 0.3) is 0 Å². The summed E-state index contributed by atoms with van der Waals surface area (Å²) in [7, 11) is 3.57. The fourth-order valence-corrected chi connectivity index (χ4v) is 4.04. The van der Waals surface area contributed by atoms with Gasteiger partial charge in [0.15, 0.2) is 5.96 Å². The molecule has 0 atom stereocenters. The van der Waals surface area contributed by atoms with Gasteiger partial charge < -0.3 is 19.8 Å². The van der Waals surface area contributed by atoms with E-state index in [9.17, 15) is 0 Å². The zero-order chi connectivity index (χ0) is 21.9. The first-order valence-corrected chi connectivity index (χ1v) is 11.5. The number of nitrogens with zero attached hydrogens (tertiary/aromatic N) is 3. The summed E-state index contributed by atoms with van der Waals surface area (Å²) in [6.45, 7) is 4.13. The van der Waals surface area contributed by atoms with Crippen molar-refractivity contribution < 1.29 is 9.15 Å². The minimum atomic E-state index is 0. The molecule has 9 heteroatoms. The minimum Gasteiger partial charge on any atom is -0.481 e. The molecule has 2 N–H and O–H groups in total. The first-order chi connectivity index (χ1) is 15.2. The zero-order valence-electron chi connectivity index (χ0n) is 18.8. The van der Waals surface area contributed by atoms with E-state index in [-0.39, 0.29) is 24.0 Å². The number of benzene rings is 1. The van der Waals surface area contributed by atoms with Gasteiger partial charge >= 0.3 is 0 Å². The van der Waals surface area contributed by atoms with E-state index >= 15 is 0 Å². The zero-order valence-corrected chi connectivity index (χ0v) is 22.0. The Morgan fingerprint density at radius 2 is 1.94 bits per heavy atom. The third-order valence-corrected chi connectivity index (χ3v) is 5.76. The predicted octanol–water partition coefficient (Wildman–Crippen LogP) is 4.27. The number of hydrogen-bond acceptors (Lipinski definition) is 5. The first-order valence-electron chi connectivity index (χ1n) is 10.5. The number of aryl methyl sites for hydroxylation is 2. The number of ether oxygens (including phenoxy) is 1. The molecule has 2 heterocycles. The van der Waals surface area contributed by atoms with E-state index in [0.717, 1.165) is 60.5 Å². The van der Waals surface area contributed by atoms with Crippen molar-refractivity contribution in [1.29, 1.82) is 0 Å². The molecule has 0 aliphatic rings. The highest BCUT2D eigenvalue weighted by Gasteiger charge is 2.15. The van der Waals surface area contributed by atoms with Gasteiger partial charge in [-0.1, -0.05) is 25.1 Å². The van der Waals surface area contributed by atoms with Crippen LogP contribution in [0.25, 0.3) is 0 Å². The Morgan fingerprint density at radius 3 is 2.62 bits per heavy atom. The molecule has 0 aliphatic heterocycles. The van der Waals surface area contributed by atoms with E-state index in [1.165, 1.54) is 4.90 Å². The van der Waals surface area contributed by atoms with Crippen LogP contribution >= 0.6 is 35.7 Å². The van der Waals surface area contributed by atoms with Crippen molar-refractivity contribution >= 4 is 41.7 Å². The molecule has 0 saturated carbocycles. The molecule has 0 unspecified atom stereocenters. The van der Waals surface area contributed by atoms with Crippen LogP contribution in [0.3, 0.4) is 0 Å². The molecule has 7 nitrogen and oxygen atoms in total. The highest BCUT2D eigenvalue weighted by Crippen LogP contribution is 2.23. The summed E-state index contributed by atoms with van der Waals surface area (Å²) >= 11 is 1.82. The smallest absolute Gasteiger partial charge is 0.216 e. The summed E-state index contributed by atoms with van der Waals surface area (Å²) < 4.78 is 12.7. The maximum Gasteiger partial charge on any atom is 0.216 e. The summed E-state index contributed by atoms with van der Waals surface area (Å²) in [6, 6.07) is 14.3. The van der Waals surface area contributed by atoms with Crippen LogP contribution in [-0.2, 0) is 26.4 Å². The second-order valence-corrected chi connectivity index (χ2v) is 8.09. The first kappa shape index (κ1) is 26.1. The molecule has 3 aromatic rings. The Morgan fingerprint density at radius 1 is 1.16 bits per heavy atom. The molecule has 0 bridgehead atoms. The van der Waals surface area contributed by atoms with Crippen LogP contribution in [0.2, 0.25) is 0 Å². The lowest BCUT2D eigenvalue weighted by molar-refractivity contribution is 0.369. The molecular weight excluding hydrogens is 537 g/mol. The van der Waals surface area contributed by atoms with Gasteiger partial charge in [0.05, 0.1) is 31.2 Å². The molecule has 0 amide bonds. The molecule has 0 spiro atoms. The topological polar surface area (TPSA) is 76.6 Å². The molecule has 1 aromatic carbocycles. The molecule has 174 valence electrons. The van der Waals surface area contributed by atoms with Gasteiger partial charge in [-0.15, -0.1) is 35.7 Å². The van der Waals surface area contributed by atoms with Crippen molar-refractivity contribution in [3.63, 3.8) is 0 Å². The molecule has 0 aliphatic carbocycles. The molecule has 0 saturated heterocycles. The van der Waals surface area contributed by atoms with Gasteiger partial charge in [-0.3, -0.25) is 0 Å². The predicted molar refractivity (Wildman–Crippen MR) is 141 cm³/mol. The second kappa shape index (κ2) is 14.1. The maximum atomic E-state index is 5.54. The lowest BCUT2D eigenvalue weighted by atomic mass is 10.2. The highest BCUT2D eigenvalue weighted by molar-refractivity contribution is 14.0. The molecule has 0 fully saturated rings. The van der Waals surface area contributed by atoms with Crippen molar-refractivity contribution in [3.05, 3.63) is 65.7 Å². The van der Waals surface area contributed by atoms with Gasteiger partial charge in [-0.25, -0.2) is 9.67 Å². The number of aliphatic imine (C=N–C) groups is 1. The normalized spacial score (nSPS) is 11.2. The van der Waals surface area contributed by atoms with Crippen LogP contribution in [0.5, 0.6) is 5.88 Å². The number of thioether (sulfide) groups is 1. The third-order valence-electron chi connectivity index (χ3n) is 4.75. The fraction of sp³-hybridized carbons (Fsp3) is 0.391. The summed E-state index contributed by atoms with van der Waals surface area (Å²) in [5, 5.41) is 11.4. The summed E-state index contributed by atoms with van der Waals surface area (Å²) in [4.78, 5) is 6.07. The Kier molecular flexibility index (Phi) is 11.5.